The molecule has 0 bridgehead atoms. The molecule has 37 heavy (non-hydrogen) atoms. The monoisotopic (exact) mass is 496 g/mol. The average Bonchev–Trinajstić information content (AvgIpc) is 3.58. The van der Waals surface area contributed by atoms with Crippen LogP contribution >= 0.6 is 0 Å². The number of hydrogen-bond acceptors (Lipinski definition) is 5. The molecule has 4 aromatic rings. The van der Waals surface area contributed by atoms with Gasteiger partial charge in [-0.1, -0.05) is 23.4 Å². The van der Waals surface area contributed by atoms with Crippen molar-refractivity contribution >= 4 is 17.3 Å². The molecule has 0 fully saturated rings. The number of halogens is 1. The predicted molar refractivity (Wildman–Crippen MR) is 137 cm³/mol. The lowest BCUT2D eigenvalue weighted by Gasteiger charge is -2.35. The summed E-state index contributed by atoms with van der Waals surface area (Å²) in [6, 6.07) is 18.8. The number of nitrogens with one attached hydrogen (secondary N) is 1. The van der Waals surface area contributed by atoms with Crippen LogP contribution in [-0.4, -0.2) is 23.3 Å². The van der Waals surface area contributed by atoms with Crippen LogP contribution in [0.4, 0.5) is 14.9 Å². The topological polar surface area (TPSA) is 80.5 Å². The van der Waals surface area contributed by atoms with E-state index in [1.54, 1.807) is 24.1 Å². The maximum absolute atomic E-state index is 13.5. The fraction of sp³-hybridized carbons (Fsp3) is 0.207. The Kier molecular flexibility index (Phi) is 5.71. The van der Waals surface area contributed by atoms with Gasteiger partial charge in [0.25, 0.3) is 5.89 Å². The predicted octanol–water partition coefficient (Wildman–Crippen LogP) is 6.08. The highest BCUT2D eigenvalue weighted by Crippen LogP contribution is 2.40. The Labute approximate surface area is 213 Å². The molecular weight excluding hydrogens is 471 g/mol. The SMILES string of the molecule is COc1cccc(C2NC(=O)N(c3ccc4c(c3)CCC4)C(C)=C2c2nc(-c3ccc(F)cc3)no2)c1. The lowest BCUT2D eigenvalue weighted by atomic mass is 9.94. The molecule has 1 unspecified atom stereocenters. The molecular formula is C29H25FN4O3. The van der Waals surface area contributed by atoms with Crippen molar-refractivity contribution in [3.05, 3.63) is 101 Å². The number of ether oxygens (including phenoxy) is 1. The largest absolute Gasteiger partial charge is 0.497 e. The molecule has 0 spiro atoms. The Morgan fingerprint density at radius 2 is 1.86 bits per heavy atom. The number of aromatic nitrogens is 2. The van der Waals surface area contributed by atoms with Crippen molar-refractivity contribution in [2.75, 3.05) is 12.0 Å². The van der Waals surface area contributed by atoms with E-state index in [1.807, 2.05) is 37.3 Å². The number of anilines is 1. The van der Waals surface area contributed by atoms with Crippen LogP contribution in [0.25, 0.3) is 17.0 Å². The Balaban J connectivity index is 1.49. The van der Waals surface area contributed by atoms with Gasteiger partial charge < -0.3 is 14.6 Å². The number of carbonyl (C=O) groups is 1. The second-order valence-electron chi connectivity index (χ2n) is 9.23. The van der Waals surface area contributed by atoms with Crippen molar-refractivity contribution in [2.24, 2.45) is 0 Å². The molecule has 6 rings (SSSR count). The second kappa shape index (κ2) is 9.20. The first-order valence-corrected chi connectivity index (χ1v) is 12.2. The Bertz CT molecular complexity index is 1530. The lowest BCUT2D eigenvalue weighted by molar-refractivity contribution is 0.244. The summed E-state index contributed by atoms with van der Waals surface area (Å²) in [6.45, 7) is 1.89. The molecule has 7 nitrogen and oxygen atoms in total. The molecule has 0 saturated carbocycles. The standard InChI is InChI=1S/C29H25FN4O3/c1-17-25(28-32-27(33-37-28)19-9-12-22(30)13-10-19)26(21-7-4-8-24(16-21)36-2)31-29(35)34(17)23-14-11-18-5-3-6-20(18)15-23/h4,7-16,26H,3,5-6H2,1-2H3,(H,31,35). The van der Waals surface area contributed by atoms with Gasteiger partial charge in [-0.2, -0.15) is 4.98 Å². The fourth-order valence-electron chi connectivity index (χ4n) is 5.15. The first-order valence-electron chi connectivity index (χ1n) is 12.2. The van der Waals surface area contributed by atoms with Crippen LogP contribution in [0.2, 0.25) is 0 Å². The molecule has 0 radical (unpaired) electrons. The number of amides is 2. The van der Waals surface area contributed by atoms with Crippen molar-refractivity contribution in [1.29, 1.82) is 0 Å². The van der Waals surface area contributed by atoms with E-state index in [1.165, 1.54) is 23.3 Å². The minimum atomic E-state index is -0.546. The summed E-state index contributed by atoms with van der Waals surface area (Å²) in [5.74, 6) is 0.933. The number of benzene rings is 3. The zero-order chi connectivity index (χ0) is 25.5. The molecule has 2 amide bonds. The van der Waals surface area contributed by atoms with Crippen molar-refractivity contribution in [2.45, 2.75) is 32.2 Å². The van der Waals surface area contributed by atoms with Crippen molar-refractivity contribution in [3.63, 3.8) is 0 Å². The number of carbonyl (C=O) groups excluding carboxylic acids is 1. The van der Waals surface area contributed by atoms with Gasteiger partial charge in [0.2, 0.25) is 5.82 Å². The van der Waals surface area contributed by atoms with E-state index >= 15 is 0 Å². The van der Waals surface area contributed by atoms with Gasteiger partial charge in [-0.15, -0.1) is 0 Å². The van der Waals surface area contributed by atoms with Gasteiger partial charge in [-0.25, -0.2) is 9.18 Å². The zero-order valence-electron chi connectivity index (χ0n) is 20.5. The third-order valence-corrected chi connectivity index (χ3v) is 7.01. The highest BCUT2D eigenvalue weighted by Gasteiger charge is 2.37. The van der Waals surface area contributed by atoms with Gasteiger partial charge in [0.1, 0.15) is 11.6 Å². The van der Waals surface area contributed by atoms with Crippen molar-refractivity contribution in [1.82, 2.24) is 15.5 Å². The first-order chi connectivity index (χ1) is 18.0. The smallest absolute Gasteiger partial charge is 0.326 e. The van der Waals surface area contributed by atoms with Crippen molar-refractivity contribution < 1.29 is 18.4 Å². The summed E-state index contributed by atoms with van der Waals surface area (Å²) in [7, 11) is 1.60. The second-order valence-corrected chi connectivity index (χ2v) is 9.23. The van der Waals surface area contributed by atoms with E-state index in [2.05, 4.69) is 27.6 Å². The first kappa shape index (κ1) is 23.0. The number of allylic oxidation sites excluding steroid dienone is 1. The van der Waals surface area contributed by atoms with Gasteiger partial charge in [-0.05, 0) is 91.4 Å². The Morgan fingerprint density at radius 3 is 2.68 bits per heavy atom. The zero-order valence-corrected chi connectivity index (χ0v) is 20.5. The number of fused-ring (bicyclic) bond motifs is 1. The van der Waals surface area contributed by atoms with Crippen LogP contribution in [0.15, 0.2) is 77.0 Å². The number of nitrogens with zero attached hydrogens (tertiary/aromatic N) is 3. The van der Waals surface area contributed by atoms with Crippen LogP contribution < -0.4 is 15.0 Å². The van der Waals surface area contributed by atoms with Gasteiger partial charge in [0.15, 0.2) is 0 Å². The average molecular weight is 497 g/mol. The van der Waals surface area contributed by atoms with Crippen molar-refractivity contribution in [3.8, 4) is 17.1 Å². The van der Waals surface area contributed by atoms with Crippen LogP contribution in [-0.2, 0) is 12.8 Å². The molecule has 1 aliphatic carbocycles. The quantitative estimate of drug-likeness (QED) is 0.362. The molecule has 1 aliphatic heterocycles. The lowest BCUT2D eigenvalue weighted by Crippen LogP contribution is -2.46. The molecule has 1 aromatic heterocycles. The summed E-state index contributed by atoms with van der Waals surface area (Å²) in [5.41, 5.74) is 6.19. The van der Waals surface area contributed by atoms with E-state index in [0.717, 1.165) is 30.5 Å². The summed E-state index contributed by atoms with van der Waals surface area (Å²) < 4.78 is 24.6. The van der Waals surface area contributed by atoms with E-state index in [0.29, 0.717) is 28.4 Å². The maximum atomic E-state index is 13.5. The van der Waals surface area contributed by atoms with Crippen LogP contribution in [0.5, 0.6) is 5.75 Å². The van der Waals surface area contributed by atoms with Gasteiger partial charge in [-0.3, -0.25) is 4.90 Å². The number of hydrogen-bond donors (Lipinski definition) is 1. The molecule has 8 heteroatoms. The Morgan fingerprint density at radius 1 is 1.05 bits per heavy atom. The summed E-state index contributed by atoms with van der Waals surface area (Å²) in [4.78, 5) is 19.8. The van der Waals surface area contributed by atoms with Crippen LogP contribution in [0.1, 0.15) is 42.0 Å². The third kappa shape index (κ3) is 4.14. The number of methoxy groups -OCH3 is 1. The van der Waals surface area contributed by atoms with Crippen LogP contribution in [0, 0.1) is 5.82 Å². The summed E-state index contributed by atoms with van der Waals surface area (Å²) >= 11 is 0. The summed E-state index contributed by atoms with van der Waals surface area (Å²) in [5, 5.41) is 7.28. The molecule has 1 atom stereocenters. The van der Waals surface area contributed by atoms with Gasteiger partial charge >= 0.3 is 6.03 Å². The normalized spacial score (nSPS) is 17.1. The van der Waals surface area contributed by atoms with Gasteiger partial charge in [0.05, 0.1) is 24.4 Å². The summed E-state index contributed by atoms with van der Waals surface area (Å²) in [6.07, 6.45) is 3.19. The van der Waals surface area contributed by atoms with E-state index < -0.39 is 6.04 Å². The minimum Gasteiger partial charge on any atom is -0.497 e. The maximum Gasteiger partial charge on any atom is 0.326 e. The third-order valence-electron chi connectivity index (χ3n) is 7.01. The van der Waals surface area contributed by atoms with Gasteiger partial charge in [0, 0.05) is 11.3 Å². The fourth-order valence-corrected chi connectivity index (χ4v) is 5.15. The van der Waals surface area contributed by atoms with Crippen LogP contribution in [0.3, 0.4) is 0 Å². The molecule has 3 aromatic carbocycles. The number of rotatable bonds is 5. The highest BCUT2D eigenvalue weighted by atomic mass is 19.1. The van der Waals surface area contributed by atoms with E-state index in [9.17, 15) is 9.18 Å². The Hall–Kier alpha value is -4.46. The molecule has 2 heterocycles. The molecule has 0 saturated heterocycles. The van der Waals surface area contributed by atoms with E-state index in [-0.39, 0.29) is 17.7 Å². The molecule has 2 aliphatic rings. The number of urea groups is 1. The number of aryl methyl sites for hydroxylation is 2. The highest BCUT2D eigenvalue weighted by molar-refractivity contribution is 6.01. The van der Waals surface area contributed by atoms with E-state index in [4.69, 9.17) is 9.26 Å². The molecule has 186 valence electrons. The molecule has 1 N–H and O–H groups in total. The minimum absolute atomic E-state index is 0.245.